The van der Waals surface area contributed by atoms with Gasteiger partial charge in [-0.25, -0.2) is 0 Å². The smallest absolute Gasteiger partial charge is 0.226 e. The molecule has 0 aromatic heterocycles. The summed E-state index contributed by atoms with van der Waals surface area (Å²) in [4.78, 5) is 13.4. The predicted octanol–water partition coefficient (Wildman–Crippen LogP) is 0.916. The zero-order valence-electron chi connectivity index (χ0n) is 9.77. The second kappa shape index (κ2) is 6.12. The average molecular weight is 222 g/mol. The highest BCUT2D eigenvalue weighted by atomic mass is 16.5. The van der Waals surface area contributed by atoms with E-state index in [9.17, 15) is 4.79 Å². The van der Waals surface area contributed by atoms with Crippen LogP contribution in [0.3, 0.4) is 0 Å². The lowest BCUT2D eigenvalue weighted by Gasteiger charge is -2.17. The van der Waals surface area contributed by atoms with Crippen LogP contribution in [0.25, 0.3) is 0 Å². The van der Waals surface area contributed by atoms with E-state index in [0.717, 1.165) is 5.56 Å². The maximum atomic E-state index is 11.8. The van der Waals surface area contributed by atoms with E-state index >= 15 is 0 Å². The number of hydrogen-bond acceptors (Lipinski definition) is 3. The van der Waals surface area contributed by atoms with Gasteiger partial charge in [-0.2, -0.15) is 0 Å². The Kier molecular flexibility index (Phi) is 4.79. The van der Waals surface area contributed by atoms with Crippen molar-refractivity contribution < 1.29 is 9.53 Å². The number of carbonyl (C=O) groups excluding carboxylic acids is 1. The van der Waals surface area contributed by atoms with Crippen molar-refractivity contribution in [2.45, 2.75) is 6.42 Å². The number of hydrogen-bond donors (Lipinski definition) is 1. The fourth-order valence-electron chi connectivity index (χ4n) is 1.35. The van der Waals surface area contributed by atoms with Crippen LogP contribution in [-0.2, 0) is 16.0 Å². The summed E-state index contributed by atoms with van der Waals surface area (Å²) < 4.78 is 4.92. The zero-order chi connectivity index (χ0) is 12.0. The number of amides is 1. The minimum Gasteiger partial charge on any atom is -0.398 e. The number of benzene rings is 1. The second-order valence-electron chi connectivity index (χ2n) is 3.68. The van der Waals surface area contributed by atoms with Gasteiger partial charge in [-0.3, -0.25) is 4.79 Å². The normalized spacial score (nSPS) is 10.1. The minimum absolute atomic E-state index is 0.0509. The van der Waals surface area contributed by atoms with Gasteiger partial charge in [-0.05, 0) is 11.6 Å². The molecule has 1 amide bonds. The Morgan fingerprint density at radius 2 is 2.12 bits per heavy atom. The Morgan fingerprint density at radius 3 is 2.75 bits per heavy atom. The molecule has 0 bridgehead atoms. The molecule has 0 heterocycles. The van der Waals surface area contributed by atoms with Crippen LogP contribution in [0.2, 0.25) is 0 Å². The largest absolute Gasteiger partial charge is 0.398 e. The maximum absolute atomic E-state index is 11.8. The lowest BCUT2D eigenvalue weighted by Crippen LogP contribution is -2.31. The van der Waals surface area contributed by atoms with E-state index in [1.54, 1.807) is 25.1 Å². The fraction of sp³-hybridized carbons (Fsp3) is 0.417. The first kappa shape index (κ1) is 12.5. The molecule has 0 radical (unpaired) electrons. The molecule has 0 aliphatic heterocycles. The van der Waals surface area contributed by atoms with E-state index < -0.39 is 0 Å². The van der Waals surface area contributed by atoms with Gasteiger partial charge >= 0.3 is 0 Å². The Morgan fingerprint density at radius 1 is 1.44 bits per heavy atom. The SMILES string of the molecule is COCCN(C)C(=O)Cc1ccccc1N. The topological polar surface area (TPSA) is 55.6 Å². The van der Waals surface area contributed by atoms with E-state index in [4.69, 9.17) is 10.5 Å². The number of carbonyl (C=O) groups is 1. The van der Waals surface area contributed by atoms with E-state index in [0.29, 0.717) is 25.3 Å². The molecule has 2 N–H and O–H groups in total. The quantitative estimate of drug-likeness (QED) is 0.754. The highest BCUT2D eigenvalue weighted by molar-refractivity contribution is 5.80. The average Bonchev–Trinajstić information content (AvgIpc) is 2.28. The molecule has 0 aliphatic carbocycles. The zero-order valence-corrected chi connectivity index (χ0v) is 9.77. The number of para-hydroxylation sites is 1. The molecule has 0 spiro atoms. The Hall–Kier alpha value is -1.55. The van der Waals surface area contributed by atoms with Crippen molar-refractivity contribution in [3.8, 4) is 0 Å². The maximum Gasteiger partial charge on any atom is 0.226 e. The summed E-state index contributed by atoms with van der Waals surface area (Å²) in [6.07, 6.45) is 0.340. The van der Waals surface area contributed by atoms with Crippen LogP contribution in [0.4, 0.5) is 5.69 Å². The molecule has 0 fully saturated rings. The summed E-state index contributed by atoms with van der Waals surface area (Å²) >= 11 is 0. The molecular formula is C12H18N2O2. The minimum atomic E-state index is 0.0509. The van der Waals surface area contributed by atoms with Crippen LogP contribution >= 0.6 is 0 Å². The molecule has 4 heteroatoms. The van der Waals surface area contributed by atoms with Gasteiger partial charge in [0.05, 0.1) is 13.0 Å². The predicted molar refractivity (Wildman–Crippen MR) is 64.1 cm³/mol. The van der Waals surface area contributed by atoms with Crippen LogP contribution in [0.5, 0.6) is 0 Å². The molecule has 4 nitrogen and oxygen atoms in total. The van der Waals surface area contributed by atoms with Crippen molar-refractivity contribution in [2.75, 3.05) is 33.0 Å². The van der Waals surface area contributed by atoms with Crippen LogP contribution in [0, 0.1) is 0 Å². The molecule has 88 valence electrons. The number of nitrogens with two attached hydrogens (primary N) is 1. The molecule has 1 rings (SSSR count). The monoisotopic (exact) mass is 222 g/mol. The first-order valence-electron chi connectivity index (χ1n) is 5.21. The number of likely N-dealkylation sites (N-methyl/N-ethyl adjacent to an activating group) is 1. The summed E-state index contributed by atoms with van der Waals surface area (Å²) in [5.74, 6) is 0.0509. The highest BCUT2D eigenvalue weighted by Crippen LogP contribution is 2.11. The number of rotatable bonds is 5. The van der Waals surface area contributed by atoms with Gasteiger partial charge in [-0.1, -0.05) is 18.2 Å². The molecule has 0 aliphatic rings. The van der Waals surface area contributed by atoms with Crippen molar-refractivity contribution in [2.24, 2.45) is 0 Å². The van der Waals surface area contributed by atoms with Crippen molar-refractivity contribution in [3.63, 3.8) is 0 Å². The molecule has 16 heavy (non-hydrogen) atoms. The van der Waals surface area contributed by atoms with Crippen LogP contribution in [0.15, 0.2) is 24.3 Å². The van der Waals surface area contributed by atoms with Gasteiger partial charge < -0.3 is 15.4 Å². The Bertz CT molecular complexity index is 353. The summed E-state index contributed by atoms with van der Waals surface area (Å²) in [5.41, 5.74) is 7.31. The van der Waals surface area contributed by atoms with Gasteiger partial charge in [0.25, 0.3) is 0 Å². The molecular weight excluding hydrogens is 204 g/mol. The molecule has 0 saturated carbocycles. The third-order valence-electron chi connectivity index (χ3n) is 2.45. The summed E-state index contributed by atoms with van der Waals surface area (Å²) in [6.45, 7) is 1.15. The fourth-order valence-corrected chi connectivity index (χ4v) is 1.35. The van der Waals surface area contributed by atoms with Crippen molar-refractivity contribution >= 4 is 11.6 Å². The standard InChI is InChI=1S/C12H18N2O2/c1-14(7-8-16-2)12(15)9-10-5-3-4-6-11(10)13/h3-6H,7-9,13H2,1-2H3. The third kappa shape index (κ3) is 3.55. The van der Waals surface area contributed by atoms with Crippen molar-refractivity contribution in [1.29, 1.82) is 0 Å². The van der Waals surface area contributed by atoms with E-state index in [1.165, 1.54) is 0 Å². The number of anilines is 1. The van der Waals surface area contributed by atoms with Crippen molar-refractivity contribution in [1.82, 2.24) is 4.90 Å². The van der Waals surface area contributed by atoms with Gasteiger partial charge in [0.1, 0.15) is 0 Å². The van der Waals surface area contributed by atoms with Crippen molar-refractivity contribution in [3.05, 3.63) is 29.8 Å². The number of nitrogen functional groups attached to an aromatic ring is 1. The number of ether oxygens (including phenoxy) is 1. The number of nitrogens with zero attached hydrogens (tertiary/aromatic N) is 1. The van der Waals surface area contributed by atoms with Gasteiger partial charge in [0, 0.05) is 26.4 Å². The first-order valence-corrected chi connectivity index (χ1v) is 5.21. The van der Waals surface area contributed by atoms with E-state index in [-0.39, 0.29) is 5.91 Å². The molecule has 1 aromatic rings. The summed E-state index contributed by atoms with van der Waals surface area (Å²) in [7, 11) is 3.38. The molecule has 1 aromatic carbocycles. The Labute approximate surface area is 96.0 Å². The first-order chi connectivity index (χ1) is 7.65. The lowest BCUT2D eigenvalue weighted by molar-refractivity contribution is -0.129. The van der Waals surface area contributed by atoms with Crippen LogP contribution in [-0.4, -0.2) is 38.1 Å². The molecule has 0 unspecified atom stereocenters. The summed E-state index contributed by atoms with van der Waals surface area (Å²) in [6, 6.07) is 7.42. The van der Waals surface area contributed by atoms with E-state index in [1.807, 2.05) is 18.2 Å². The number of methoxy groups -OCH3 is 1. The van der Waals surface area contributed by atoms with E-state index in [2.05, 4.69) is 0 Å². The van der Waals surface area contributed by atoms with Crippen LogP contribution in [0.1, 0.15) is 5.56 Å². The lowest BCUT2D eigenvalue weighted by atomic mass is 10.1. The second-order valence-corrected chi connectivity index (χ2v) is 3.68. The van der Waals surface area contributed by atoms with Gasteiger partial charge in [0.2, 0.25) is 5.91 Å². The third-order valence-corrected chi connectivity index (χ3v) is 2.45. The van der Waals surface area contributed by atoms with Gasteiger partial charge in [-0.15, -0.1) is 0 Å². The van der Waals surface area contributed by atoms with Crippen LogP contribution < -0.4 is 5.73 Å². The van der Waals surface area contributed by atoms with Gasteiger partial charge in [0.15, 0.2) is 0 Å². The Balaban J connectivity index is 2.54. The summed E-state index contributed by atoms with van der Waals surface area (Å²) in [5, 5.41) is 0. The highest BCUT2D eigenvalue weighted by Gasteiger charge is 2.10. The molecule has 0 saturated heterocycles. The molecule has 0 atom stereocenters.